The highest BCUT2D eigenvalue weighted by Gasteiger charge is 2.28. The first-order valence-corrected chi connectivity index (χ1v) is 10.3. The van der Waals surface area contributed by atoms with E-state index in [4.69, 9.17) is 0 Å². The molecule has 1 aliphatic heterocycles. The van der Waals surface area contributed by atoms with Gasteiger partial charge in [0.25, 0.3) is 0 Å². The van der Waals surface area contributed by atoms with Crippen molar-refractivity contribution in [2.75, 3.05) is 23.8 Å². The van der Waals surface area contributed by atoms with Gasteiger partial charge in [0.2, 0.25) is 0 Å². The van der Waals surface area contributed by atoms with Crippen LogP contribution in [0.3, 0.4) is 0 Å². The van der Waals surface area contributed by atoms with E-state index in [1.807, 2.05) is 31.4 Å². The van der Waals surface area contributed by atoms with Gasteiger partial charge in [-0.25, -0.2) is 4.98 Å². The molecule has 4 aromatic heterocycles. The minimum Gasteiger partial charge on any atom is -0.360 e. The minimum absolute atomic E-state index is 0.402. The molecule has 8 heteroatoms. The first-order valence-electron chi connectivity index (χ1n) is 10.3. The average molecular weight is 403 g/mol. The van der Waals surface area contributed by atoms with Gasteiger partial charge in [-0.2, -0.15) is 5.10 Å². The van der Waals surface area contributed by atoms with Gasteiger partial charge in [0.05, 0.1) is 6.20 Å². The highest BCUT2D eigenvalue weighted by Crippen LogP contribution is 2.35. The summed E-state index contributed by atoms with van der Waals surface area (Å²) in [4.78, 5) is 6.77. The van der Waals surface area contributed by atoms with Crippen LogP contribution < -0.4 is 10.2 Å². The number of anilines is 3. The molecule has 0 radical (unpaired) electrons. The highest BCUT2D eigenvalue weighted by atomic mass is 15.3. The van der Waals surface area contributed by atoms with Gasteiger partial charge in [0, 0.05) is 38.8 Å². The molecule has 0 bridgehead atoms. The summed E-state index contributed by atoms with van der Waals surface area (Å²) in [6.45, 7) is 5.48. The van der Waals surface area contributed by atoms with Crippen molar-refractivity contribution in [2.45, 2.75) is 26.2 Å². The van der Waals surface area contributed by atoms with Gasteiger partial charge in [-0.1, -0.05) is 13.8 Å². The Morgan fingerprint density at radius 1 is 1.07 bits per heavy atom. The molecule has 1 aliphatic rings. The Labute approximate surface area is 175 Å². The molecule has 8 nitrogen and oxygen atoms in total. The maximum absolute atomic E-state index is 4.56. The molecular weight excluding hydrogens is 376 g/mol. The number of hydrogen-bond acceptors (Lipinski definition) is 6. The Morgan fingerprint density at radius 3 is 2.70 bits per heavy atom. The second-order valence-electron chi connectivity index (χ2n) is 8.46. The van der Waals surface area contributed by atoms with Crippen molar-refractivity contribution < 1.29 is 0 Å². The van der Waals surface area contributed by atoms with Crippen LogP contribution in [0, 0.1) is 5.92 Å². The van der Waals surface area contributed by atoms with Gasteiger partial charge in [-0.3, -0.25) is 9.08 Å². The van der Waals surface area contributed by atoms with Crippen molar-refractivity contribution in [3.8, 4) is 11.1 Å². The van der Waals surface area contributed by atoms with E-state index in [1.165, 1.54) is 0 Å². The van der Waals surface area contributed by atoms with E-state index >= 15 is 0 Å². The second-order valence-corrected chi connectivity index (χ2v) is 8.46. The fourth-order valence-electron chi connectivity index (χ4n) is 4.29. The Hall–Kier alpha value is -3.42. The topological polar surface area (TPSA) is 76.2 Å². The Morgan fingerprint density at radius 2 is 1.93 bits per heavy atom. The van der Waals surface area contributed by atoms with Gasteiger partial charge in [0.1, 0.15) is 23.3 Å². The van der Waals surface area contributed by atoms with E-state index in [1.54, 1.807) is 10.9 Å². The number of aryl methyl sites for hydroxylation is 1. The number of nitrogens with one attached hydrogen (secondary N) is 1. The van der Waals surface area contributed by atoms with Crippen molar-refractivity contribution >= 4 is 23.1 Å². The minimum atomic E-state index is 0.402. The van der Waals surface area contributed by atoms with Crippen LogP contribution in [0.25, 0.3) is 16.8 Å². The molecule has 5 rings (SSSR count). The smallest absolute Gasteiger partial charge is 0.163 e. The third kappa shape index (κ3) is 3.18. The fourth-order valence-corrected chi connectivity index (χ4v) is 4.29. The number of pyridine rings is 2. The largest absolute Gasteiger partial charge is 0.360 e. The van der Waals surface area contributed by atoms with Crippen molar-refractivity contribution in [3.05, 3.63) is 48.5 Å². The third-order valence-corrected chi connectivity index (χ3v) is 5.69. The maximum Gasteiger partial charge on any atom is 0.163 e. The van der Waals surface area contributed by atoms with Crippen molar-refractivity contribution in [1.29, 1.82) is 0 Å². The molecule has 0 fully saturated rings. The number of aromatic nitrogens is 6. The summed E-state index contributed by atoms with van der Waals surface area (Å²) in [6, 6.07) is 10.3. The Balaban J connectivity index is 1.54. The molecule has 1 atom stereocenters. The standard InChI is InChI=1S/C22H26N8/c1-14(2)9-17-13-28(3)21-12-16(11-20-26-27-22(17)30(20)21)15-5-7-23-18(10-15)25-19-6-8-24-29(19)4/h5-8,10-12,14,17H,9,13H2,1-4H3,(H,23,25). The summed E-state index contributed by atoms with van der Waals surface area (Å²) < 4.78 is 3.99. The Kier molecular flexibility index (Phi) is 4.42. The summed E-state index contributed by atoms with van der Waals surface area (Å²) in [7, 11) is 4.05. The molecule has 0 saturated heterocycles. The first-order chi connectivity index (χ1) is 14.5. The van der Waals surface area contributed by atoms with Gasteiger partial charge in [0.15, 0.2) is 5.65 Å². The van der Waals surface area contributed by atoms with Crippen LogP contribution in [0.4, 0.5) is 17.5 Å². The number of rotatable bonds is 5. The van der Waals surface area contributed by atoms with E-state index in [9.17, 15) is 0 Å². The zero-order valence-corrected chi connectivity index (χ0v) is 17.7. The molecule has 0 saturated carbocycles. The number of likely N-dealkylation sites (N-methyl/N-ethyl adjacent to an activating group) is 1. The van der Waals surface area contributed by atoms with Gasteiger partial charge in [-0.15, -0.1) is 10.2 Å². The average Bonchev–Trinajstić information content (AvgIpc) is 3.32. The van der Waals surface area contributed by atoms with E-state index < -0.39 is 0 Å². The van der Waals surface area contributed by atoms with Crippen LogP contribution in [0.15, 0.2) is 42.7 Å². The first kappa shape index (κ1) is 18.6. The van der Waals surface area contributed by atoms with E-state index in [0.29, 0.717) is 11.8 Å². The molecule has 0 aliphatic carbocycles. The van der Waals surface area contributed by atoms with Gasteiger partial charge in [-0.05, 0) is 47.7 Å². The Bertz CT molecular complexity index is 1210. The molecule has 0 spiro atoms. The number of nitrogens with zero attached hydrogens (tertiary/aromatic N) is 7. The van der Waals surface area contributed by atoms with E-state index in [-0.39, 0.29) is 0 Å². The van der Waals surface area contributed by atoms with Gasteiger partial charge < -0.3 is 10.2 Å². The van der Waals surface area contributed by atoms with Crippen LogP contribution in [0.1, 0.15) is 32.0 Å². The lowest BCUT2D eigenvalue weighted by atomic mass is 9.94. The SMILES string of the molecule is CC(C)CC1CN(C)c2cc(-c3ccnc(Nc4ccnn4C)c3)cc3nnc1n23. The quantitative estimate of drug-likeness (QED) is 0.546. The lowest BCUT2D eigenvalue weighted by molar-refractivity contribution is 0.467. The number of hydrogen-bond donors (Lipinski definition) is 1. The maximum atomic E-state index is 4.56. The van der Waals surface area contributed by atoms with E-state index in [2.05, 4.69) is 67.9 Å². The summed E-state index contributed by atoms with van der Waals surface area (Å²) in [5, 5.41) is 16.6. The predicted molar refractivity (Wildman–Crippen MR) is 118 cm³/mol. The zero-order valence-electron chi connectivity index (χ0n) is 17.7. The molecule has 1 unspecified atom stereocenters. The molecule has 1 N–H and O–H groups in total. The molecule has 5 heterocycles. The van der Waals surface area contributed by atoms with Crippen molar-refractivity contribution in [3.63, 3.8) is 0 Å². The highest BCUT2D eigenvalue weighted by molar-refractivity contribution is 5.74. The molecular formula is C22H26N8. The van der Waals surface area contributed by atoms with Crippen LogP contribution in [-0.2, 0) is 7.05 Å². The molecule has 0 amide bonds. The molecule has 0 aromatic carbocycles. The summed E-state index contributed by atoms with van der Waals surface area (Å²) in [6.07, 6.45) is 4.69. The van der Waals surface area contributed by atoms with Crippen LogP contribution in [0.5, 0.6) is 0 Å². The predicted octanol–water partition coefficient (Wildman–Crippen LogP) is 3.85. The van der Waals surface area contributed by atoms with Crippen molar-refractivity contribution in [1.82, 2.24) is 29.4 Å². The third-order valence-electron chi connectivity index (χ3n) is 5.69. The van der Waals surface area contributed by atoms with Crippen LogP contribution in [-0.4, -0.2) is 43.0 Å². The molecule has 4 aromatic rings. The van der Waals surface area contributed by atoms with Crippen LogP contribution >= 0.6 is 0 Å². The van der Waals surface area contributed by atoms with E-state index in [0.717, 1.165) is 53.0 Å². The summed E-state index contributed by atoms with van der Waals surface area (Å²) in [5.74, 6) is 4.89. The summed E-state index contributed by atoms with van der Waals surface area (Å²) in [5.41, 5.74) is 3.06. The molecule has 30 heavy (non-hydrogen) atoms. The lowest BCUT2D eigenvalue weighted by Gasteiger charge is -2.32. The summed E-state index contributed by atoms with van der Waals surface area (Å²) >= 11 is 0. The monoisotopic (exact) mass is 402 g/mol. The van der Waals surface area contributed by atoms with Crippen molar-refractivity contribution in [2.24, 2.45) is 13.0 Å². The second kappa shape index (κ2) is 7.12. The normalized spacial score (nSPS) is 15.9. The molecule has 154 valence electrons. The fraction of sp³-hybridized carbons (Fsp3) is 0.364. The van der Waals surface area contributed by atoms with Gasteiger partial charge >= 0.3 is 0 Å². The zero-order chi connectivity index (χ0) is 20.8. The van der Waals surface area contributed by atoms with Crippen LogP contribution in [0.2, 0.25) is 0 Å². The lowest BCUT2D eigenvalue weighted by Crippen LogP contribution is -2.32.